The Hall–Kier alpha value is -1.40. The van der Waals surface area contributed by atoms with Crippen LogP contribution in [0.4, 0.5) is 0 Å². The first-order valence-corrected chi connectivity index (χ1v) is 9.85. The number of carbonyl (C=O) groups is 1. The molecule has 6 heteroatoms. The average Bonchev–Trinajstić information content (AvgIpc) is 3.09. The van der Waals surface area contributed by atoms with Crippen molar-refractivity contribution < 1.29 is 13.2 Å². The molecule has 0 unspecified atom stereocenters. The van der Waals surface area contributed by atoms with Gasteiger partial charge in [-0.05, 0) is 56.9 Å². The fourth-order valence-electron chi connectivity index (χ4n) is 3.44. The van der Waals surface area contributed by atoms with Crippen LogP contribution in [0.25, 0.3) is 0 Å². The topological polar surface area (TPSA) is 57.7 Å². The van der Waals surface area contributed by atoms with Gasteiger partial charge < -0.3 is 4.90 Å². The molecule has 2 aliphatic heterocycles. The number of benzene rings is 1. The highest BCUT2D eigenvalue weighted by Gasteiger charge is 2.31. The zero-order valence-electron chi connectivity index (χ0n) is 13.6. The van der Waals surface area contributed by atoms with Crippen LogP contribution >= 0.6 is 0 Å². The van der Waals surface area contributed by atoms with Crippen molar-refractivity contribution in [2.24, 2.45) is 0 Å². The summed E-state index contributed by atoms with van der Waals surface area (Å²) in [4.78, 5) is 14.4. The van der Waals surface area contributed by atoms with E-state index in [-0.39, 0.29) is 16.8 Å². The quantitative estimate of drug-likeness (QED) is 0.852. The van der Waals surface area contributed by atoms with E-state index in [4.69, 9.17) is 0 Å². The van der Waals surface area contributed by atoms with Gasteiger partial charge in [-0.25, -0.2) is 8.42 Å². The summed E-state index contributed by atoms with van der Waals surface area (Å²) >= 11 is 0. The maximum Gasteiger partial charge on any atom is 0.253 e. The lowest BCUT2D eigenvalue weighted by Gasteiger charge is -2.32. The second-order valence-electron chi connectivity index (χ2n) is 6.48. The highest BCUT2D eigenvalue weighted by atomic mass is 32.2. The Morgan fingerprint density at radius 2 is 1.61 bits per heavy atom. The van der Waals surface area contributed by atoms with Crippen molar-refractivity contribution in [3.05, 3.63) is 29.8 Å². The molecule has 1 atom stereocenters. The van der Waals surface area contributed by atoms with E-state index in [0.29, 0.717) is 12.1 Å². The summed E-state index contributed by atoms with van der Waals surface area (Å²) in [6.45, 7) is 4.13. The molecule has 0 aliphatic carbocycles. The van der Waals surface area contributed by atoms with E-state index < -0.39 is 10.0 Å². The molecular weight excluding hydrogens is 312 g/mol. The highest BCUT2D eigenvalue weighted by Crippen LogP contribution is 2.25. The van der Waals surface area contributed by atoms with Crippen LogP contribution in [0.2, 0.25) is 0 Å². The minimum absolute atomic E-state index is 0.00205. The van der Waals surface area contributed by atoms with Crippen LogP contribution in [0.15, 0.2) is 29.2 Å². The van der Waals surface area contributed by atoms with E-state index in [1.807, 2.05) is 11.8 Å². The van der Waals surface area contributed by atoms with Crippen molar-refractivity contribution in [1.29, 1.82) is 0 Å². The van der Waals surface area contributed by atoms with Crippen molar-refractivity contribution in [1.82, 2.24) is 9.21 Å². The predicted molar refractivity (Wildman–Crippen MR) is 88.8 cm³/mol. The molecule has 0 saturated carbocycles. The zero-order valence-corrected chi connectivity index (χ0v) is 14.4. The number of hydrogen-bond acceptors (Lipinski definition) is 3. The van der Waals surface area contributed by atoms with Gasteiger partial charge in [0.25, 0.3) is 5.91 Å². The van der Waals surface area contributed by atoms with Crippen LogP contribution in [0.5, 0.6) is 0 Å². The Balaban J connectivity index is 1.79. The molecule has 0 bridgehead atoms. The molecule has 1 aromatic carbocycles. The first-order valence-electron chi connectivity index (χ1n) is 8.41. The summed E-state index contributed by atoms with van der Waals surface area (Å²) < 4.78 is 27.1. The summed E-state index contributed by atoms with van der Waals surface area (Å²) in [5.41, 5.74) is 0.567. The fraction of sp³-hybridized carbons (Fsp3) is 0.588. The van der Waals surface area contributed by atoms with Gasteiger partial charge in [-0.2, -0.15) is 4.31 Å². The number of carbonyl (C=O) groups excluding carboxylic acids is 1. The molecule has 1 amide bonds. The van der Waals surface area contributed by atoms with Crippen molar-refractivity contribution in [2.75, 3.05) is 19.6 Å². The summed E-state index contributed by atoms with van der Waals surface area (Å²) in [5, 5.41) is 0. The van der Waals surface area contributed by atoms with Gasteiger partial charge in [0.1, 0.15) is 0 Å². The molecule has 0 aromatic heterocycles. The van der Waals surface area contributed by atoms with Crippen LogP contribution in [-0.4, -0.2) is 49.2 Å². The Morgan fingerprint density at radius 1 is 1.00 bits per heavy atom. The third-order valence-corrected chi connectivity index (χ3v) is 6.87. The van der Waals surface area contributed by atoms with E-state index in [1.54, 1.807) is 28.6 Å². The van der Waals surface area contributed by atoms with Crippen molar-refractivity contribution in [3.8, 4) is 0 Å². The third kappa shape index (κ3) is 3.28. The minimum atomic E-state index is -3.46. The molecule has 2 saturated heterocycles. The number of likely N-dealkylation sites (tertiary alicyclic amines) is 1. The molecule has 2 aliphatic rings. The van der Waals surface area contributed by atoms with Gasteiger partial charge in [-0.3, -0.25) is 4.79 Å². The predicted octanol–water partition coefficient (Wildman–Crippen LogP) is 2.49. The van der Waals surface area contributed by atoms with Crippen molar-refractivity contribution >= 4 is 15.9 Å². The maximum atomic E-state index is 12.8. The van der Waals surface area contributed by atoms with Gasteiger partial charge in [-0.1, -0.05) is 6.42 Å². The van der Waals surface area contributed by atoms with Gasteiger partial charge in [0, 0.05) is 31.2 Å². The van der Waals surface area contributed by atoms with Crippen LogP contribution in [0.1, 0.15) is 49.4 Å². The lowest BCUT2D eigenvalue weighted by atomic mass is 10.1. The van der Waals surface area contributed by atoms with E-state index in [1.165, 1.54) is 0 Å². The number of piperidine rings is 1. The molecule has 23 heavy (non-hydrogen) atoms. The first-order chi connectivity index (χ1) is 11.0. The largest absolute Gasteiger partial charge is 0.339 e. The summed E-state index contributed by atoms with van der Waals surface area (Å²) in [5.74, 6) is -0.00205. The summed E-state index contributed by atoms with van der Waals surface area (Å²) in [7, 11) is -3.46. The Bertz CT molecular complexity index is 664. The van der Waals surface area contributed by atoms with Crippen LogP contribution in [0.3, 0.4) is 0 Å². The Labute approximate surface area is 138 Å². The summed E-state index contributed by atoms with van der Waals surface area (Å²) in [6, 6.07) is 6.46. The monoisotopic (exact) mass is 336 g/mol. The molecule has 126 valence electrons. The van der Waals surface area contributed by atoms with Gasteiger partial charge in [0.15, 0.2) is 0 Å². The van der Waals surface area contributed by atoms with E-state index in [2.05, 4.69) is 0 Å². The number of rotatable bonds is 3. The number of nitrogens with zero attached hydrogens (tertiary/aromatic N) is 2. The molecule has 0 radical (unpaired) electrons. The molecule has 2 fully saturated rings. The number of sulfonamides is 1. The van der Waals surface area contributed by atoms with E-state index >= 15 is 0 Å². The van der Waals surface area contributed by atoms with Gasteiger partial charge in [-0.15, -0.1) is 0 Å². The smallest absolute Gasteiger partial charge is 0.253 e. The standard InChI is InChI=1S/C17H24N2O3S/c1-14-6-2-3-13-19(14)23(21,22)16-9-7-15(8-10-16)17(20)18-11-4-5-12-18/h7-10,14H,2-6,11-13H2,1H3/t14-/m1/s1. The Kier molecular flexibility index (Phi) is 4.73. The lowest BCUT2D eigenvalue weighted by Crippen LogP contribution is -2.41. The number of hydrogen-bond donors (Lipinski definition) is 0. The van der Waals surface area contributed by atoms with Crippen LogP contribution in [-0.2, 0) is 10.0 Å². The third-order valence-electron chi connectivity index (χ3n) is 4.84. The molecular formula is C17H24N2O3S. The van der Waals surface area contributed by atoms with E-state index in [0.717, 1.165) is 45.2 Å². The summed E-state index contributed by atoms with van der Waals surface area (Å²) in [6.07, 6.45) is 4.99. The second kappa shape index (κ2) is 6.61. The molecule has 0 spiro atoms. The number of amides is 1. The van der Waals surface area contributed by atoms with Crippen LogP contribution in [0, 0.1) is 0 Å². The Morgan fingerprint density at radius 3 is 2.22 bits per heavy atom. The molecule has 3 rings (SSSR count). The lowest BCUT2D eigenvalue weighted by molar-refractivity contribution is 0.0792. The molecule has 1 aromatic rings. The van der Waals surface area contributed by atoms with E-state index in [9.17, 15) is 13.2 Å². The SMILES string of the molecule is C[C@@H]1CCCCN1S(=O)(=O)c1ccc(C(=O)N2CCCC2)cc1. The first kappa shape index (κ1) is 16.5. The fourth-order valence-corrected chi connectivity index (χ4v) is 5.14. The minimum Gasteiger partial charge on any atom is -0.339 e. The van der Waals surface area contributed by atoms with Gasteiger partial charge in [0.05, 0.1) is 4.90 Å². The molecule has 2 heterocycles. The molecule has 0 N–H and O–H groups in total. The maximum absolute atomic E-state index is 12.8. The van der Waals surface area contributed by atoms with Crippen LogP contribution < -0.4 is 0 Å². The highest BCUT2D eigenvalue weighted by molar-refractivity contribution is 7.89. The second-order valence-corrected chi connectivity index (χ2v) is 8.37. The normalized spacial score (nSPS) is 23.2. The van der Waals surface area contributed by atoms with Gasteiger partial charge >= 0.3 is 0 Å². The van der Waals surface area contributed by atoms with Crippen molar-refractivity contribution in [2.45, 2.75) is 50.0 Å². The average molecular weight is 336 g/mol. The zero-order chi connectivity index (χ0) is 16.4. The molecule has 5 nitrogen and oxygen atoms in total. The van der Waals surface area contributed by atoms with Gasteiger partial charge in [0.2, 0.25) is 10.0 Å². The van der Waals surface area contributed by atoms with Crippen molar-refractivity contribution in [3.63, 3.8) is 0 Å².